The number of hydrogen-bond donors (Lipinski definition) is 2. The highest BCUT2D eigenvalue weighted by molar-refractivity contribution is 7.14. The van der Waals surface area contributed by atoms with E-state index in [9.17, 15) is 9.59 Å². The van der Waals surface area contributed by atoms with Gasteiger partial charge in [-0.1, -0.05) is 11.8 Å². The van der Waals surface area contributed by atoms with E-state index >= 15 is 0 Å². The standard InChI is InChI=1S/C15H18N2O3S/c1-10-9-13(21-12(10)6-4-8-18)15(20)17-7-3-2-5-11(17)14(16)19/h9,11,18H,2-3,5,7-8H2,1H3,(H2,16,19). The van der Waals surface area contributed by atoms with Crippen molar-refractivity contribution in [1.29, 1.82) is 0 Å². The van der Waals surface area contributed by atoms with Gasteiger partial charge in [-0.15, -0.1) is 11.3 Å². The van der Waals surface area contributed by atoms with E-state index in [1.165, 1.54) is 11.3 Å². The number of nitrogens with two attached hydrogens (primary N) is 1. The zero-order valence-electron chi connectivity index (χ0n) is 11.9. The maximum atomic E-state index is 12.6. The Morgan fingerprint density at radius 3 is 2.95 bits per heavy atom. The topological polar surface area (TPSA) is 83.6 Å². The van der Waals surface area contributed by atoms with Gasteiger partial charge in [0.25, 0.3) is 5.91 Å². The number of aliphatic hydroxyl groups is 1. The van der Waals surface area contributed by atoms with E-state index in [4.69, 9.17) is 10.8 Å². The normalized spacial score (nSPS) is 18.0. The third-order valence-corrected chi connectivity index (χ3v) is 4.64. The first kappa shape index (κ1) is 15.5. The fourth-order valence-electron chi connectivity index (χ4n) is 2.44. The highest BCUT2D eigenvalue weighted by Gasteiger charge is 2.32. The van der Waals surface area contributed by atoms with E-state index in [0.29, 0.717) is 17.8 Å². The smallest absolute Gasteiger partial charge is 0.264 e. The molecule has 0 radical (unpaired) electrons. The van der Waals surface area contributed by atoms with Crippen LogP contribution in [0.3, 0.4) is 0 Å². The molecule has 6 heteroatoms. The Labute approximate surface area is 127 Å². The Morgan fingerprint density at radius 2 is 2.29 bits per heavy atom. The van der Waals surface area contributed by atoms with Crippen LogP contribution >= 0.6 is 11.3 Å². The van der Waals surface area contributed by atoms with Gasteiger partial charge in [0.05, 0.1) is 9.75 Å². The highest BCUT2D eigenvalue weighted by atomic mass is 32.1. The van der Waals surface area contributed by atoms with E-state index < -0.39 is 11.9 Å². The van der Waals surface area contributed by atoms with Gasteiger partial charge in [-0.05, 0) is 37.8 Å². The average molecular weight is 306 g/mol. The summed E-state index contributed by atoms with van der Waals surface area (Å²) in [4.78, 5) is 27.0. The molecule has 21 heavy (non-hydrogen) atoms. The lowest BCUT2D eigenvalue weighted by Crippen LogP contribution is -2.50. The van der Waals surface area contributed by atoms with Crippen LogP contribution in [-0.2, 0) is 4.79 Å². The first-order valence-corrected chi connectivity index (χ1v) is 7.66. The van der Waals surface area contributed by atoms with Crippen molar-refractivity contribution in [3.8, 4) is 11.8 Å². The van der Waals surface area contributed by atoms with Crippen molar-refractivity contribution in [2.75, 3.05) is 13.2 Å². The van der Waals surface area contributed by atoms with Crippen molar-refractivity contribution in [3.63, 3.8) is 0 Å². The van der Waals surface area contributed by atoms with Crippen molar-refractivity contribution in [3.05, 3.63) is 21.4 Å². The zero-order valence-corrected chi connectivity index (χ0v) is 12.7. The summed E-state index contributed by atoms with van der Waals surface area (Å²) in [5, 5.41) is 8.74. The molecule has 0 aliphatic carbocycles. The van der Waals surface area contributed by atoms with E-state index in [2.05, 4.69) is 11.8 Å². The fraction of sp³-hybridized carbons (Fsp3) is 0.467. The van der Waals surface area contributed by atoms with E-state index in [1.54, 1.807) is 11.0 Å². The van der Waals surface area contributed by atoms with Crippen LogP contribution in [0.25, 0.3) is 0 Å². The zero-order chi connectivity index (χ0) is 15.4. The molecule has 2 heterocycles. The number of carbonyl (C=O) groups excluding carboxylic acids is 2. The number of aryl methyl sites for hydroxylation is 1. The van der Waals surface area contributed by atoms with Crippen LogP contribution in [-0.4, -0.2) is 41.0 Å². The second kappa shape index (κ2) is 6.74. The molecule has 1 aromatic rings. The summed E-state index contributed by atoms with van der Waals surface area (Å²) in [7, 11) is 0. The number of thiophene rings is 1. The van der Waals surface area contributed by atoms with Crippen molar-refractivity contribution in [1.82, 2.24) is 4.90 Å². The summed E-state index contributed by atoms with van der Waals surface area (Å²) in [5.41, 5.74) is 6.29. The third kappa shape index (κ3) is 3.43. The molecular formula is C15H18N2O3S. The summed E-state index contributed by atoms with van der Waals surface area (Å²) in [5.74, 6) is 4.80. The third-order valence-electron chi connectivity index (χ3n) is 3.50. The summed E-state index contributed by atoms with van der Waals surface area (Å²) in [6, 6.07) is 1.27. The van der Waals surface area contributed by atoms with Gasteiger partial charge in [0.1, 0.15) is 12.6 Å². The molecule has 1 aliphatic heterocycles. The average Bonchev–Trinajstić information content (AvgIpc) is 2.85. The molecular weight excluding hydrogens is 288 g/mol. The number of piperidine rings is 1. The number of hydrogen-bond acceptors (Lipinski definition) is 4. The number of primary amides is 1. The molecule has 1 atom stereocenters. The molecule has 0 aromatic carbocycles. The first-order valence-electron chi connectivity index (χ1n) is 6.85. The van der Waals surface area contributed by atoms with Gasteiger partial charge >= 0.3 is 0 Å². The fourth-order valence-corrected chi connectivity index (χ4v) is 3.45. The molecule has 1 unspecified atom stereocenters. The molecule has 1 saturated heterocycles. The number of nitrogens with zero attached hydrogens (tertiary/aromatic N) is 1. The molecule has 1 aromatic heterocycles. The Morgan fingerprint density at radius 1 is 1.52 bits per heavy atom. The SMILES string of the molecule is Cc1cc(C(=O)N2CCCCC2C(N)=O)sc1C#CCO. The van der Waals surface area contributed by atoms with Gasteiger partial charge in [-0.3, -0.25) is 9.59 Å². The lowest BCUT2D eigenvalue weighted by molar-refractivity contribution is -0.123. The van der Waals surface area contributed by atoms with E-state index in [-0.39, 0.29) is 12.5 Å². The summed E-state index contributed by atoms with van der Waals surface area (Å²) in [6.45, 7) is 2.22. The molecule has 0 saturated carbocycles. The lowest BCUT2D eigenvalue weighted by Gasteiger charge is -2.33. The van der Waals surface area contributed by atoms with Crippen LogP contribution in [0.4, 0.5) is 0 Å². The molecule has 112 valence electrons. The number of rotatable bonds is 2. The predicted molar refractivity (Wildman–Crippen MR) is 80.9 cm³/mol. The van der Waals surface area contributed by atoms with Crippen molar-refractivity contribution in [2.45, 2.75) is 32.2 Å². The molecule has 2 amide bonds. The minimum atomic E-state index is -0.513. The van der Waals surface area contributed by atoms with E-state index in [1.807, 2.05) is 6.92 Å². The Balaban J connectivity index is 2.24. The Bertz CT molecular complexity index is 612. The molecule has 0 spiro atoms. The highest BCUT2D eigenvalue weighted by Crippen LogP contribution is 2.25. The first-order chi connectivity index (χ1) is 10.0. The monoisotopic (exact) mass is 306 g/mol. The maximum absolute atomic E-state index is 12.6. The minimum Gasteiger partial charge on any atom is -0.384 e. The summed E-state index contributed by atoms with van der Waals surface area (Å²) >= 11 is 1.29. The van der Waals surface area contributed by atoms with Gasteiger partial charge in [0.15, 0.2) is 0 Å². The van der Waals surface area contributed by atoms with Crippen molar-refractivity contribution >= 4 is 23.2 Å². The number of aliphatic hydroxyl groups excluding tert-OH is 1. The van der Waals surface area contributed by atoms with Crippen LogP contribution in [0, 0.1) is 18.8 Å². The predicted octanol–water partition coefficient (Wildman–Crippen LogP) is 0.880. The van der Waals surface area contributed by atoms with Crippen LogP contribution < -0.4 is 5.73 Å². The molecule has 5 nitrogen and oxygen atoms in total. The maximum Gasteiger partial charge on any atom is 0.264 e. The quantitative estimate of drug-likeness (QED) is 0.796. The van der Waals surface area contributed by atoms with Crippen molar-refractivity contribution < 1.29 is 14.7 Å². The Hall–Kier alpha value is -1.84. The number of carbonyl (C=O) groups is 2. The Kier molecular flexibility index (Phi) is 4.99. The minimum absolute atomic E-state index is 0.163. The molecule has 1 aliphatic rings. The molecule has 2 rings (SSSR count). The molecule has 1 fully saturated rings. The van der Waals surface area contributed by atoms with Gasteiger partial charge in [0.2, 0.25) is 5.91 Å². The summed E-state index contributed by atoms with van der Waals surface area (Å²) in [6.07, 6.45) is 2.42. The van der Waals surface area contributed by atoms with Gasteiger partial charge in [-0.25, -0.2) is 0 Å². The summed E-state index contributed by atoms with van der Waals surface area (Å²) < 4.78 is 0. The second-order valence-electron chi connectivity index (χ2n) is 5.00. The largest absolute Gasteiger partial charge is 0.384 e. The lowest BCUT2D eigenvalue weighted by atomic mass is 10.0. The van der Waals surface area contributed by atoms with Gasteiger partial charge in [-0.2, -0.15) is 0 Å². The number of likely N-dealkylation sites (tertiary alicyclic amines) is 1. The van der Waals surface area contributed by atoms with Crippen LogP contribution in [0.1, 0.15) is 39.4 Å². The number of amides is 2. The van der Waals surface area contributed by atoms with Crippen LogP contribution in [0.15, 0.2) is 6.07 Å². The molecule has 0 bridgehead atoms. The van der Waals surface area contributed by atoms with E-state index in [0.717, 1.165) is 23.3 Å². The van der Waals surface area contributed by atoms with Crippen molar-refractivity contribution in [2.24, 2.45) is 5.73 Å². The van der Waals surface area contributed by atoms with Gasteiger partial charge in [0, 0.05) is 6.54 Å². The second-order valence-corrected chi connectivity index (χ2v) is 6.05. The molecule has 3 N–H and O–H groups in total. The van der Waals surface area contributed by atoms with Gasteiger partial charge < -0.3 is 15.7 Å². The van der Waals surface area contributed by atoms with Crippen LogP contribution in [0.2, 0.25) is 0 Å². The van der Waals surface area contributed by atoms with Crippen LogP contribution in [0.5, 0.6) is 0 Å².